The van der Waals surface area contributed by atoms with Crippen molar-refractivity contribution in [2.45, 2.75) is 39.3 Å². The highest BCUT2D eigenvalue weighted by atomic mass is 16.5. The van der Waals surface area contributed by atoms with Crippen LogP contribution >= 0.6 is 0 Å². The van der Waals surface area contributed by atoms with Crippen LogP contribution in [0.4, 0.5) is 4.79 Å². The molecule has 120 valence electrons. The van der Waals surface area contributed by atoms with Crippen LogP contribution in [0.25, 0.3) is 0 Å². The van der Waals surface area contributed by atoms with Gasteiger partial charge in [-0.05, 0) is 25.8 Å². The van der Waals surface area contributed by atoms with Crippen LogP contribution in [0, 0.1) is 0 Å². The van der Waals surface area contributed by atoms with E-state index in [4.69, 9.17) is 4.74 Å². The maximum Gasteiger partial charge on any atom is 0.408 e. The number of ether oxygens (including phenoxy) is 1. The highest BCUT2D eigenvalue weighted by Gasteiger charge is 2.15. The van der Waals surface area contributed by atoms with E-state index in [9.17, 15) is 14.4 Å². The summed E-state index contributed by atoms with van der Waals surface area (Å²) in [6.07, 6.45) is 0.378. The van der Waals surface area contributed by atoms with E-state index in [2.05, 4.69) is 10.6 Å². The Balaban J connectivity index is 2.22. The van der Waals surface area contributed by atoms with Gasteiger partial charge in [-0.3, -0.25) is 4.79 Å². The molecule has 0 heterocycles. The van der Waals surface area contributed by atoms with Gasteiger partial charge in [-0.2, -0.15) is 0 Å². The van der Waals surface area contributed by atoms with Crippen LogP contribution in [0.2, 0.25) is 0 Å². The van der Waals surface area contributed by atoms with Crippen molar-refractivity contribution in [3.05, 3.63) is 35.9 Å². The summed E-state index contributed by atoms with van der Waals surface area (Å²) in [7, 11) is 0. The van der Waals surface area contributed by atoms with E-state index in [0.29, 0.717) is 19.4 Å². The Labute approximate surface area is 130 Å². The van der Waals surface area contributed by atoms with Crippen molar-refractivity contribution >= 4 is 17.8 Å². The molecule has 1 atom stereocenters. The van der Waals surface area contributed by atoms with E-state index < -0.39 is 12.1 Å². The summed E-state index contributed by atoms with van der Waals surface area (Å²) in [4.78, 5) is 34.1. The van der Waals surface area contributed by atoms with Gasteiger partial charge >= 0.3 is 6.09 Å². The van der Waals surface area contributed by atoms with E-state index in [1.54, 1.807) is 6.92 Å². The summed E-state index contributed by atoms with van der Waals surface area (Å²) < 4.78 is 5.03. The minimum absolute atomic E-state index is 0.0879. The van der Waals surface area contributed by atoms with Crippen molar-refractivity contribution in [2.24, 2.45) is 0 Å². The van der Waals surface area contributed by atoms with Crippen molar-refractivity contribution in [3.63, 3.8) is 0 Å². The molecule has 0 bridgehead atoms. The van der Waals surface area contributed by atoms with E-state index >= 15 is 0 Å². The number of hydrogen-bond donors (Lipinski definition) is 2. The first kappa shape index (κ1) is 17.7. The molecule has 0 spiro atoms. The third kappa shape index (κ3) is 7.42. The zero-order valence-corrected chi connectivity index (χ0v) is 12.9. The van der Waals surface area contributed by atoms with Crippen molar-refractivity contribution in [2.75, 3.05) is 6.54 Å². The lowest BCUT2D eigenvalue weighted by atomic mass is 10.2. The second-order valence-electron chi connectivity index (χ2n) is 5.02. The molecule has 6 nitrogen and oxygen atoms in total. The molecule has 1 rings (SSSR count). The normalized spacial score (nSPS) is 11.4. The number of Topliss-reactive ketones (excluding diaryl/α,β-unsaturated/α-hetero) is 1. The number of nitrogens with one attached hydrogen (secondary N) is 2. The quantitative estimate of drug-likeness (QED) is 0.717. The molecule has 0 radical (unpaired) electrons. The summed E-state index contributed by atoms with van der Waals surface area (Å²) in [6, 6.07) is 8.58. The molecule has 6 heteroatoms. The maximum absolute atomic E-state index is 11.7. The van der Waals surface area contributed by atoms with Crippen molar-refractivity contribution in [1.29, 1.82) is 0 Å². The lowest BCUT2D eigenvalue weighted by Crippen LogP contribution is -2.45. The number of rotatable bonds is 8. The Kier molecular flexibility index (Phi) is 7.67. The third-order valence-corrected chi connectivity index (χ3v) is 2.95. The number of ketones is 1. The molecule has 1 aromatic rings. The monoisotopic (exact) mass is 306 g/mol. The van der Waals surface area contributed by atoms with E-state index in [0.717, 1.165) is 5.56 Å². The van der Waals surface area contributed by atoms with Gasteiger partial charge in [0, 0.05) is 13.0 Å². The average Bonchev–Trinajstić information content (AvgIpc) is 2.50. The minimum atomic E-state index is -0.694. The Morgan fingerprint density at radius 1 is 1.18 bits per heavy atom. The predicted octanol–water partition coefficient (Wildman–Crippen LogP) is 1.79. The fourth-order valence-corrected chi connectivity index (χ4v) is 1.71. The fourth-order valence-electron chi connectivity index (χ4n) is 1.71. The molecule has 2 amide bonds. The van der Waals surface area contributed by atoms with Gasteiger partial charge in [0.25, 0.3) is 0 Å². The molecule has 1 unspecified atom stereocenters. The molecule has 2 N–H and O–H groups in total. The van der Waals surface area contributed by atoms with Gasteiger partial charge in [-0.25, -0.2) is 4.79 Å². The second kappa shape index (κ2) is 9.55. The molecule has 1 aromatic carbocycles. The van der Waals surface area contributed by atoms with E-state index in [1.165, 1.54) is 6.92 Å². The van der Waals surface area contributed by atoms with Crippen LogP contribution in [0.3, 0.4) is 0 Å². The number of carbonyl (C=O) groups excluding carboxylic acids is 3. The number of hydrogen-bond acceptors (Lipinski definition) is 4. The number of amides is 2. The number of benzene rings is 1. The molecule has 0 aromatic heterocycles. The van der Waals surface area contributed by atoms with Gasteiger partial charge in [0.05, 0.1) is 0 Å². The standard InChI is InChI=1S/C16H22N2O4/c1-12(19)7-6-10-17-15(20)13(2)18-16(21)22-11-14-8-4-3-5-9-14/h3-5,8-9,13H,6-7,10-11H2,1-2H3,(H,17,20)(H,18,21). The van der Waals surface area contributed by atoms with Gasteiger partial charge in [-0.15, -0.1) is 0 Å². The van der Waals surface area contributed by atoms with Gasteiger partial charge in [-0.1, -0.05) is 30.3 Å². The first-order chi connectivity index (χ1) is 10.5. The van der Waals surface area contributed by atoms with Crippen molar-refractivity contribution < 1.29 is 19.1 Å². The average molecular weight is 306 g/mol. The van der Waals surface area contributed by atoms with Gasteiger partial charge < -0.3 is 20.2 Å². The summed E-state index contributed by atoms with van der Waals surface area (Å²) in [5.74, 6) is -0.217. The zero-order valence-electron chi connectivity index (χ0n) is 12.9. The molecule has 0 saturated carbocycles. The highest BCUT2D eigenvalue weighted by molar-refractivity contribution is 5.85. The van der Waals surface area contributed by atoms with Crippen LogP contribution in [-0.2, 0) is 20.9 Å². The van der Waals surface area contributed by atoms with Gasteiger partial charge in [0.1, 0.15) is 18.4 Å². The van der Waals surface area contributed by atoms with Crippen LogP contribution < -0.4 is 10.6 Å². The summed E-state index contributed by atoms with van der Waals surface area (Å²) in [6.45, 7) is 3.64. The van der Waals surface area contributed by atoms with Crippen molar-refractivity contribution in [3.8, 4) is 0 Å². The third-order valence-electron chi connectivity index (χ3n) is 2.95. The van der Waals surface area contributed by atoms with Gasteiger partial charge in [0.15, 0.2) is 0 Å². The molecule has 22 heavy (non-hydrogen) atoms. The summed E-state index contributed by atoms with van der Waals surface area (Å²) >= 11 is 0. The van der Waals surface area contributed by atoms with Gasteiger partial charge in [0.2, 0.25) is 5.91 Å². The first-order valence-electron chi connectivity index (χ1n) is 7.23. The van der Waals surface area contributed by atoms with E-state index in [1.807, 2.05) is 30.3 Å². The Morgan fingerprint density at radius 2 is 1.86 bits per heavy atom. The molecule has 0 saturated heterocycles. The predicted molar refractivity (Wildman–Crippen MR) is 82.1 cm³/mol. The lowest BCUT2D eigenvalue weighted by molar-refractivity contribution is -0.123. The Bertz CT molecular complexity index is 502. The van der Waals surface area contributed by atoms with E-state index in [-0.39, 0.29) is 18.3 Å². The lowest BCUT2D eigenvalue weighted by Gasteiger charge is -2.14. The summed E-state index contributed by atoms with van der Waals surface area (Å²) in [5.41, 5.74) is 0.874. The van der Waals surface area contributed by atoms with Crippen LogP contribution in [0.1, 0.15) is 32.3 Å². The first-order valence-corrected chi connectivity index (χ1v) is 7.23. The second-order valence-corrected chi connectivity index (χ2v) is 5.02. The molecule has 0 fully saturated rings. The highest BCUT2D eigenvalue weighted by Crippen LogP contribution is 2.00. The van der Waals surface area contributed by atoms with Crippen LogP contribution in [0.15, 0.2) is 30.3 Å². The maximum atomic E-state index is 11.7. The molecular weight excluding hydrogens is 284 g/mol. The smallest absolute Gasteiger partial charge is 0.408 e. The van der Waals surface area contributed by atoms with Crippen LogP contribution in [-0.4, -0.2) is 30.4 Å². The zero-order chi connectivity index (χ0) is 16.4. The number of alkyl carbamates (subject to hydrolysis) is 1. The topological polar surface area (TPSA) is 84.5 Å². The van der Waals surface area contributed by atoms with Crippen molar-refractivity contribution in [1.82, 2.24) is 10.6 Å². The Morgan fingerprint density at radius 3 is 2.50 bits per heavy atom. The summed E-state index contributed by atoms with van der Waals surface area (Å²) in [5, 5.41) is 5.11. The molecule has 0 aliphatic carbocycles. The fraction of sp³-hybridized carbons (Fsp3) is 0.438. The van der Waals surface area contributed by atoms with Crippen LogP contribution in [0.5, 0.6) is 0 Å². The molecule has 0 aliphatic rings. The molecule has 0 aliphatic heterocycles. The largest absolute Gasteiger partial charge is 0.445 e. The molecular formula is C16H22N2O4. The Hall–Kier alpha value is -2.37. The SMILES string of the molecule is CC(=O)CCCNC(=O)C(C)NC(=O)OCc1ccccc1. The number of carbonyl (C=O) groups is 3. The minimum Gasteiger partial charge on any atom is -0.445 e.